The molecule has 0 aromatic rings. The molecule has 0 saturated heterocycles. The number of aliphatic hydroxyl groups is 4. The highest BCUT2D eigenvalue weighted by molar-refractivity contribution is 7.86. The van der Waals surface area contributed by atoms with Crippen molar-refractivity contribution < 1.29 is 37.8 Å². The van der Waals surface area contributed by atoms with Gasteiger partial charge in [0.2, 0.25) is 0 Å². The Balaban J connectivity index is 4.87. The number of rotatable bonds is 7. The lowest BCUT2D eigenvalue weighted by Crippen LogP contribution is -2.48. The van der Waals surface area contributed by atoms with Crippen molar-refractivity contribution in [2.45, 2.75) is 24.4 Å². The van der Waals surface area contributed by atoms with Gasteiger partial charge in [0.05, 0.1) is 12.9 Å². The molecular formula is C7H14O8S. The summed E-state index contributed by atoms with van der Waals surface area (Å²) in [4.78, 5) is 10.3. The molecule has 0 fully saturated rings. The van der Waals surface area contributed by atoms with Crippen LogP contribution in [-0.2, 0) is 19.1 Å². The van der Waals surface area contributed by atoms with Gasteiger partial charge < -0.3 is 25.2 Å². The number of aliphatic hydroxyl groups excluding tert-OH is 4. The van der Waals surface area contributed by atoms with Crippen LogP contribution in [0.4, 0.5) is 0 Å². The molecule has 0 amide bonds. The average Bonchev–Trinajstić information content (AvgIpc) is 2.21. The molecule has 0 aromatic carbocycles. The SMILES string of the molecule is CS(=O)(=O)OC(C(O)C=O)C(O)C(O)CO. The first-order valence-electron chi connectivity index (χ1n) is 4.21. The van der Waals surface area contributed by atoms with Crippen LogP contribution in [0.1, 0.15) is 0 Å². The van der Waals surface area contributed by atoms with E-state index in [2.05, 4.69) is 4.18 Å². The fraction of sp³-hybridized carbons (Fsp3) is 0.857. The third-order valence-electron chi connectivity index (χ3n) is 1.68. The van der Waals surface area contributed by atoms with E-state index in [1.807, 2.05) is 0 Å². The number of aldehydes is 1. The van der Waals surface area contributed by atoms with Crippen molar-refractivity contribution in [2.75, 3.05) is 12.9 Å². The standard InChI is InChI=1S/C7H14O8S/c1-16(13,14)15-7(5(11)3-9)6(12)4(10)2-8/h3-8,10-12H,2H2,1H3. The topological polar surface area (TPSA) is 141 Å². The van der Waals surface area contributed by atoms with Crippen molar-refractivity contribution in [1.82, 2.24) is 0 Å². The summed E-state index contributed by atoms with van der Waals surface area (Å²) in [6.45, 7) is -0.879. The molecule has 0 aromatic heterocycles. The van der Waals surface area contributed by atoms with Gasteiger partial charge in [0.25, 0.3) is 10.1 Å². The first kappa shape index (κ1) is 15.4. The third-order valence-corrected chi connectivity index (χ3v) is 2.25. The number of hydrogen-bond acceptors (Lipinski definition) is 8. The van der Waals surface area contributed by atoms with E-state index in [1.165, 1.54) is 0 Å². The molecule has 0 saturated carbocycles. The van der Waals surface area contributed by atoms with Crippen LogP contribution in [0.5, 0.6) is 0 Å². The fourth-order valence-electron chi connectivity index (χ4n) is 0.922. The normalized spacial score (nSPS) is 19.8. The van der Waals surface area contributed by atoms with E-state index < -0.39 is 41.1 Å². The van der Waals surface area contributed by atoms with Crippen molar-refractivity contribution in [2.24, 2.45) is 0 Å². The summed E-state index contributed by atoms with van der Waals surface area (Å²) >= 11 is 0. The van der Waals surface area contributed by atoms with E-state index in [9.17, 15) is 18.3 Å². The van der Waals surface area contributed by atoms with E-state index in [-0.39, 0.29) is 6.29 Å². The Bertz CT molecular complexity index is 312. The molecule has 0 aliphatic rings. The van der Waals surface area contributed by atoms with Gasteiger partial charge in [0.15, 0.2) is 6.29 Å². The van der Waals surface area contributed by atoms with Crippen LogP contribution in [0, 0.1) is 0 Å². The Morgan fingerprint density at radius 1 is 1.31 bits per heavy atom. The number of carbonyl (C=O) groups excluding carboxylic acids is 1. The molecule has 0 rings (SSSR count). The maximum Gasteiger partial charge on any atom is 0.264 e. The zero-order chi connectivity index (χ0) is 12.9. The van der Waals surface area contributed by atoms with E-state index >= 15 is 0 Å². The second-order valence-corrected chi connectivity index (χ2v) is 4.73. The first-order chi connectivity index (χ1) is 7.22. The Hall–Kier alpha value is -0.580. The molecule has 96 valence electrons. The van der Waals surface area contributed by atoms with E-state index in [0.29, 0.717) is 6.26 Å². The van der Waals surface area contributed by atoms with Crippen molar-refractivity contribution in [3.05, 3.63) is 0 Å². The number of carbonyl (C=O) groups is 1. The summed E-state index contributed by atoms with van der Waals surface area (Å²) in [6.07, 6.45) is -6.86. The molecule has 16 heavy (non-hydrogen) atoms. The summed E-state index contributed by atoms with van der Waals surface area (Å²) in [5.41, 5.74) is 0. The second-order valence-electron chi connectivity index (χ2n) is 3.13. The van der Waals surface area contributed by atoms with Crippen molar-refractivity contribution >= 4 is 16.4 Å². The zero-order valence-electron chi connectivity index (χ0n) is 8.42. The van der Waals surface area contributed by atoms with Crippen LogP contribution in [0.25, 0.3) is 0 Å². The maximum absolute atomic E-state index is 10.8. The highest BCUT2D eigenvalue weighted by atomic mass is 32.2. The zero-order valence-corrected chi connectivity index (χ0v) is 9.24. The molecule has 4 unspecified atom stereocenters. The van der Waals surface area contributed by atoms with Gasteiger partial charge in [-0.15, -0.1) is 0 Å². The van der Waals surface area contributed by atoms with Gasteiger partial charge in [-0.3, -0.25) is 4.18 Å². The Kier molecular flexibility index (Phi) is 6.00. The number of hydrogen-bond donors (Lipinski definition) is 4. The molecule has 8 nitrogen and oxygen atoms in total. The smallest absolute Gasteiger partial charge is 0.264 e. The minimum Gasteiger partial charge on any atom is -0.394 e. The summed E-state index contributed by atoms with van der Waals surface area (Å²) < 4.78 is 25.8. The molecule has 0 aliphatic heterocycles. The maximum atomic E-state index is 10.8. The average molecular weight is 258 g/mol. The molecule has 0 spiro atoms. The fourth-order valence-corrected chi connectivity index (χ4v) is 1.55. The second kappa shape index (κ2) is 6.23. The highest BCUT2D eigenvalue weighted by Gasteiger charge is 2.35. The largest absolute Gasteiger partial charge is 0.394 e. The van der Waals surface area contributed by atoms with E-state index in [4.69, 9.17) is 15.3 Å². The molecule has 4 N–H and O–H groups in total. The Morgan fingerprint density at radius 3 is 2.12 bits per heavy atom. The van der Waals surface area contributed by atoms with Crippen LogP contribution in [0.3, 0.4) is 0 Å². The monoisotopic (exact) mass is 258 g/mol. The summed E-state index contributed by atoms with van der Waals surface area (Å²) in [7, 11) is -4.04. The van der Waals surface area contributed by atoms with Crippen LogP contribution in [-0.4, -0.2) is 72.4 Å². The Labute approximate surface area is 92.2 Å². The van der Waals surface area contributed by atoms with Gasteiger partial charge in [0, 0.05) is 0 Å². The van der Waals surface area contributed by atoms with Gasteiger partial charge in [0.1, 0.15) is 24.4 Å². The lowest BCUT2D eigenvalue weighted by Gasteiger charge is -2.26. The van der Waals surface area contributed by atoms with Crippen molar-refractivity contribution in [1.29, 1.82) is 0 Å². The third kappa shape index (κ3) is 4.96. The van der Waals surface area contributed by atoms with E-state index in [1.54, 1.807) is 0 Å². The molecule has 9 heteroatoms. The Morgan fingerprint density at radius 2 is 1.81 bits per heavy atom. The predicted octanol–water partition coefficient (Wildman–Crippen LogP) is -3.39. The van der Waals surface area contributed by atoms with Crippen LogP contribution < -0.4 is 0 Å². The quantitative estimate of drug-likeness (QED) is 0.273. The molecule has 0 bridgehead atoms. The van der Waals surface area contributed by atoms with Crippen molar-refractivity contribution in [3.63, 3.8) is 0 Å². The van der Waals surface area contributed by atoms with Gasteiger partial charge in [-0.2, -0.15) is 8.42 Å². The lowest BCUT2D eigenvalue weighted by molar-refractivity contribution is -0.131. The minimum absolute atomic E-state index is 0.0524. The summed E-state index contributed by atoms with van der Waals surface area (Å²) in [5, 5.41) is 36.0. The van der Waals surface area contributed by atoms with Crippen LogP contribution >= 0.6 is 0 Å². The molecule has 0 heterocycles. The highest BCUT2D eigenvalue weighted by Crippen LogP contribution is 2.11. The molecule has 0 radical (unpaired) electrons. The summed E-state index contributed by atoms with van der Waals surface area (Å²) in [6, 6.07) is 0. The summed E-state index contributed by atoms with van der Waals surface area (Å²) in [5.74, 6) is 0. The van der Waals surface area contributed by atoms with Gasteiger partial charge in [-0.25, -0.2) is 0 Å². The molecule has 0 aliphatic carbocycles. The van der Waals surface area contributed by atoms with Gasteiger partial charge >= 0.3 is 0 Å². The van der Waals surface area contributed by atoms with Crippen LogP contribution in [0.2, 0.25) is 0 Å². The van der Waals surface area contributed by atoms with Crippen molar-refractivity contribution in [3.8, 4) is 0 Å². The molecule has 4 atom stereocenters. The lowest BCUT2D eigenvalue weighted by atomic mass is 10.0. The minimum atomic E-state index is -4.04. The van der Waals surface area contributed by atoms with E-state index in [0.717, 1.165) is 0 Å². The molecular weight excluding hydrogens is 244 g/mol. The van der Waals surface area contributed by atoms with Crippen LogP contribution in [0.15, 0.2) is 0 Å². The predicted molar refractivity (Wildman–Crippen MR) is 50.9 cm³/mol. The first-order valence-corrected chi connectivity index (χ1v) is 6.03. The van der Waals surface area contributed by atoms with Gasteiger partial charge in [-0.1, -0.05) is 0 Å². The van der Waals surface area contributed by atoms with Gasteiger partial charge in [-0.05, 0) is 0 Å².